The number of hydrogen-bond acceptors (Lipinski definition) is 3. The van der Waals surface area contributed by atoms with Gasteiger partial charge in [-0.3, -0.25) is 0 Å². The second kappa shape index (κ2) is 6.59. The fraction of sp³-hybridized carbons (Fsp3) is 0.647. The topological polar surface area (TPSA) is 30.5 Å². The standard InChI is InChI=1S/C17H25NO2/c1-2-9-18-17(16-6-4-11-20-16)14-7-8-15-13(12-14)5-3-10-19-15/h7-8,12,16-18H,2-6,9-11H2,1H3. The molecule has 0 bridgehead atoms. The lowest BCUT2D eigenvalue weighted by Crippen LogP contribution is -2.32. The Labute approximate surface area is 121 Å². The Balaban J connectivity index is 1.81. The van der Waals surface area contributed by atoms with Gasteiger partial charge in [0.2, 0.25) is 0 Å². The van der Waals surface area contributed by atoms with Gasteiger partial charge in [-0.2, -0.15) is 0 Å². The van der Waals surface area contributed by atoms with Crippen LogP contribution in [0.3, 0.4) is 0 Å². The lowest BCUT2D eigenvalue weighted by atomic mass is 9.95. The SMILES string of the molecule is CCCNC(c1ccc2c(c1)CCCO2)C1CCCO1. The Morgan fingerprint density at radius 3 is 3.05 bits per heavy atom. The van der Waals surface area contributed by atoms with Crippen LogP contribution in [0.5, 0.6) is 5.75 Å². The van der Waals surface area contributed by atoms with Crippen molar-refractivity contribution in [2.75, 3.05) is 19.8 Å². The van der Waals surface area contributed by atoms with Crippen LogP contribution in [0, 0.1) is 0 Å². The van der Waals surface area contributed by atoms with Gasteiger partial charge in [0.15, 0.2) is 0 Å². The smallest absolute Gasteiger partial charge is 0.122 e. The normalized spacial score (nSPS) is 23.1. The van der Waals surface area contributed by atoms with E-state index in [-0.39, 0.29) is 0 Å². The quantitative estimate of drug-likeness (QED) is 0.895. The number of rotatable bonds is 5. The molecule has 0 aromatic heterocycles. The minimum Gasteiger partial charge on any atom is -0.493 e. The van der Waals surface area contributed by atoms with Gasteiger partial charge in [0, 0.05) is 6.61 Å². The molecule has 2 aliphatic heterocycles. The first-order valence-electron chi connectivity index (χ1n) is 7.99. The van der Waals surface area contributed by atoms with Crippen LogP contribution in [-0.2, 0) is 11.2 Å². The Hall–Kier alpha value is -1.06. The third-order valence-corrected chi connectivity index (χ3v) is 4.24. The van der Waals surface area contributed by atoms with Crippen LogP contribution in [0.2, 0.25) is 0 Å². The molecule has 1 aromatic carbocycles. The molecule has 110 valence electrons. The summed E-state index contributed by atoms with van der Waals surface area (Å²) in [5.41, 5.74) is 2.71. The highest BCUT2D eigenvalue weighted by Gasteiger charge is 2.27. The predicted molar refractivity (Wildman–Crippen MR) is 80.3 cm³/mol. The monoisotopic (exact) mass is 275 g/mol. The van der Waals surface area contributed by atoms with Crippen LogP contribution in [0.25, 0.3) is 0 Å². The molecule has 1 fully saturated rings. The Morgan fingerprint density at radius 2 is 2.25 bits per heavy atom. The Kier molecular flexibility index (Phi) is 4.58. The van der Waals surface area contributed by atoms with Gasteiger partial charge in [-0.15, -0.1) is 0 Å². The number of fused-ring (bicyclic) bond motifs is 1. The summed E-state index contributed by atoms with van der Waals surface area (Å²) in [6, 6.07) is 6.99. The van der Waals surface area contributed by atoms with Crippen LogP contribution in [0.15, 0.2) is 18.2 Å². The van der Waals surface area contributed by atoms with Crippen LogP contribution in [0.1, 0.15) is 49.8 Å². The number of aryl methyl sites for hydroxylation is 1. The highest BCUT2D eigenvalue weighted by Crippen LogP contribution is 2.32. The summed E-state index contributed by atoms with van der Waals surface area (Å²) in [6.07, 6.45) is 6.08. The van der Waals surface area contributed by atoms with Gasteiger partial charge in [-0.05, 0) is 55.8 Å². The molecule has 2 heterocycles. The summed E-state index contributed by atoms with van der Waals surface area (Å²) in [4.78, 5) is 0. The molecule has 1 N–H and O–H groups in total. The second-order valence-electron chi connectivity index (χ2n) is 5.80. The molecule has 0 spiro atoms. The van der Waals surface area contributed by atoms with Crippen molar-refractivity contribution in [3.05, 3.63) is 29.3 Å². The zero-order valence-corrected chi connectivity index (χ0v) is 12.4. The Bertz CT molecular complexity index is 441. The molecule has 1 aromatic rings. The van der Waals surface area contributed by atoms with E-state index in [0.717, 1.165) is 51.2 Å². The molecule has 1 saturated heterocycles. The van der Waals surface area contributed by atoms with E-state index in [2.05, 4.69) is 30.4 Å². The van der Waals surface area contributed by atoms with Crippen LogP contribution in [0.4, 0.5) is 0 Å². The van der Waals surface area contributed by atoms with Crippen LogP contribution >= 0.6 is 0 Å². The minimum absolute atomic E-state index is 0.323. The lowest BCUT2D eigenvalue weighted by Gasteiger charge is -2.26. The van der Waals surface area contributed by atoms with E-state index in [0.29, 0.717) is 12.1 Å². The molecule has 2 aliphatic rings. The summed E-state index contributed by atoms with van der Waals surface area (Å²) in [6.45, 7) is 5.01. The van der Waals surface area contributed by atoms with E-state index >= 15 is 0 Å². The fourth-order valence-corrected chi connectivity index (χ4v) is 3.20. The first-order valence-corrected chi connectivity index (χ1v) is 7.99. The van der Waals surface area contributed by atoms with E-state index in [1.54, 1.807) is 0 Å². The summed E-state index contributed by atoms with van der Waals surface area (Å²) in [5.74, 6) is 1.07. The van der Waals surface area contributed by atoms with Crippen molar-refractivity contribution >= 4 is 0 Å². The second-order valence-corrected chi connectivity index (χ2v) is 5.80. The van der Waals surface area contributed by atoms with Crippen molar-refractivity contribution in [3.8, 4) is 5.75 Å². The van der Waals surface area contributed by atoms with E-state index < -0.39 is 0 Å². The Morgan fingerprint density at radius 1 is 1.30 bits per heavy atom. The largest absolute Gasteiger partial charge is 0.493 e. The third-order valence-electron chi connectivity index (χ3n) is 4.24. The first kappa shape index (κ1) is 13.9. The van der Waals surface area contributed by atoms with Gasteiger partial charge in [0.05, 0.1) is 18.8 Å². The van der Waals surface area contributed by atoms with Crippen molar-refractivity contribution in [1.82, 2.24) is 5.32 Å². The van der Waals surface area contributed by atoms with Gasteiger partial charge in [-0.1, -0.05) is 19.1 Å². The van der Waals surface area contributed by atoms with Crippen molar-refractivity contribution in [1.29, 1.82) is 0 Å². The maximum atomic E-state index is 5.92. The molecule has 20 heavy (non-hydrogen) atoms. The van der Waals surface area contributed by atoms with E-state index in [4.69, 9.17) is 9.47 Å². The number of hydrogen-bond donors (Lipinski definition) is 1. The molecule has 0 aliphatic carbocycles. The van der Waals surface area contributed by atoms with Crippen molar-refractivity contribution in [2.45, 2.75) is 51.2 Å². The highest BCUT2D eigenvalue weighted by molar-refractivity contribution is 5.40. The maximum absolute atomic E-state index is 5.92. The molecule has 3 rings (SSSR count). The molecule has 0 saturated carbocycles. The van der Waals surface area contributed by atoms with Crippen LogP contribution in [-0.4, -0.2) is 25.9 Å². The maximum Gasteiger partial charge on any atom is 0.122 e. The van der Waals surface area contributed by atoms with Crippen molar-refractivity contribution in [3.63, 3.8) is 0 Å². The van der Waals surface area contributed by atoms with E-state index in [1.807, 2.05) is 0 Å². The lowest BCUT2D eigenvalue weighted by molar-refractivity contribution is 0.0782. The summed E-state index contributed by atoms with van der Waals surface area (Å²) in [7, 11) is 0. The summed E-state index contributed by atoms with van der Waals surface area (Å²) >= 11 is 0. The zero-order valence-electron chi connectivity index (χ0n) is 12.4. The van der Waals surface area contributed by atoms with Gasteiger partial charge in [0.25, 0.3) is 0 Å². The van der Waals surface area contributed by atoms with E-state index in [1.165, 1.54) is 17.5 Å². The zero-order chi connectivity index (χ0) is 13.8. The molecule has 3 heteroatoms. The first-order chi connectivity index (χ1) is 9.88. The molecule has 0 amide bonds. The summed E-state index contributed by atoms with van der Waals surface area (Å²) < 4.78 is 11.6. The molecular weight excluding hydrogens is 250 g/mol. The highest BCUT2D eigenvalue weighted by atomic mass is 16.5. The minimum atomic E-state index is 0.323. The van der Waals surface area contributed by atoms with Gasteiger partial charge in [-0.25, -0.2) is 0 Å². The molecule has 3 nitrogen and oxygen atoms in total. The summed E-state index contributed by atoms with van der Waals surface area (Å²) in [5, 5.41) is 3.67. The number of nitrogens with one attached hydrogen (secondary N) is 1. The fourth-order valence-electron chi connectivity index (χ4n) is 3.20. The van der Waals surface area contributed by atoms with Gasteiger partial charge in [0.1, 0.15) is 5.75 Å². The van der Waals surface area contributed by atoms with Crippen molar-refractivity contribution < 1.29 is 9.47 Å². The van der Waals surface area contributed by atoms with E-state index in [9.17, 15) is 0 Å². The number of benzene rings is 1. The number of ether oxygens (including phenoxy) is 2. The van der Waals surface area contributed by atoms with Gasteiger partial charge >= 0.3 is 0 Å². The van der Waals surface area contributed by atoms with Crippen LogP contribution < -0.4 is 10.1 Å². The molecule has 2 unspecified atom stereocenters. The average molecular weight is 275 g/mol. The van der Waals surface area contributed by atoms with Gasteiger partial charge < -0.3 is 14.8 Å². The molecule has 0 radical (unpaired) electrons. The predicted octanol–water partition coefficient (Wildman–Crippen LogP) is 3.23. The molecule has 2 atom stereocenters. The third kappa shape index (κ3) is 2.99. The average Bonchev–Trinajstić information content (AvgIpc) is 3.02. The van der Waals surface area contributed by atoms with Crippen molar-refractivity contribution in [2.24, 2.45) is 0 Å². The molecular formula is C17H25NO2.